The fraction of sp³-hybridized carbons (Fsp3) is 0. The summed E-state index contributed by atoms with van der Waals surface area (Å²) in [6, 6.07) is 40.5. The Labute approximate surface area is 232 Å². The molecule has 0 N–H and O–H groups in total. The average Bonchev–Trinajstić information content (AvgIpc) is 3.18. The van der Waals surface area contributed by atoms with Crippen LogP contribution in [0.15, 0.2) is 131 Å². The van der Waals surface area contributed by atoms with E-state index in [1.165, 1.54) is 0 Å². The fourth-order valence-corrected chi connectivity index (χ4v) is 5.14. The molecule has 4 heteroatoms. The molecule has 0 amide bonds. The molecule has 0 fully saturated rings. The second-order valence-electron chi connectivity index (χ2n) is 8.98. The highest BCUT2D eigenvalue weighted by Gasteiger charge is 2.12. The van der Waals surface area contributed by atoms with Crippen LogP contribution in [0.2, 0.25) is 10.0 Å². The highest BCUT2D eigenvalue weighted by molar-refractivity contribution is 6.35. The number of nitrogens with zero attached hydrogens (tertiary/aromatic N) is 2. The van der Waals surface area contributed by atoms with E-state index in [1.807, 2.05) is 97.4 Å². The van der Waals surface area contributed by atoms with E-state index in [4.69, 9.17) is 23.2 Å². The van der Waals surface area contributed by atoms with Crippen LogP contribution in [0.1, 0.15) is 11.1 Å². The minimum absolute atomic E-state index is 0.738. The van der Waals surface area contributed by atoms with Gasteiger partial charge in [0.15, 0.2) is 0 Å². The first-order valence-electron chi connectivity index (χ1n) is 12.3. The van der Waals surface area contributed by atoms with E-state index in [9.17, 15) is 0 Å². The predicted octanol–water partition coefficient (Wildman–Crippen LogP) is 10.4. The molecule has 2 aromatic rings. The van der Waals surface area contributed by atoms with Gasteiger partial charge in [-0.05, 0) is 58.7 Å². The van der Waals surface area contributed by atoms with Crippen molar-refractivity contribution in [3.8, 4) is 33.4 Å². The molecule has 0 saturated carbocycles. The SMILES string of the molecule is Clc1cc(C=Nc2ccc(-c3ccc(N=Cc4cc(Cl)c5cccccc4-5)cc3)cc2)c2cccccc1-2. The summed E-state index contributed by atoms with van der Waals surface area (Å²) in [7, 11) is 0. The molecule has 4 aliphatic rings. The van der Waals surface area contributed by atoms with E-state index in [0.717, 1.165) is 65.9 Å². The molecule has 0 aromatic heterocycles. The molecule has 0 radical (unpaired) electrons. The largest absolute Gasteiger partial charge is 0.256 e. The van der Waals surface area contributed by atoms with Crippen LogP contribution in [-0.2, 0) is 0 Å². The molecular weight excluding hydrogens is 507 g/mol. The first-order valence-corrected chi connectivity index (χ1v) is 13.0. The number of hydrogen-bond donors (Lipinski definition) is 0. The Hall–Kier alpha value is -4.24. The third kappa shape index (κ3) is 4.97. The Morgan fingerprint density at radius 3 is 1.18 bits per heavy atom. The molecule has 2 aromatic carbocycles. The van der Waals surface area contributed by atoms with E-state index in [2.05, 4.69) is 46.4 Å². The summed E-state index contributed by atoms with van der Waals surface area (Å²) in [5.41, 5.74) is 10.3. The molecule has 38 heavy (non-hydrogen) atoms. The Bertz CT molecular complexity index is 1590. The van der Waals surface area contributed by atoms with Crippen molar-refractivity contribution in [1.29, 1.82) is 0 Å². The Morgan fingerprint density at radius 2 is 0.789 bits per heavy atom. The van der Waals surface area contributed by atoms with Gasteiger partial charge in [0.2, 0.25) is 0 Å². The number of hydrogen-bond acceptors (Lipinski definition) is 2. The molecule has 0 unspecified atom stereocenters. The van der Waals surface area contributed by atoms with Crippen molar-refractivity contribution in [3.63, 3.8) is 0 Å². The average molecular weight is 529 g/mol. The number of benzene rings is 2. The monoisotopic (exact) mass is 528 g/mol. The van der Waals surface area contributed by atoms with Crippen LogP contribution in [0.25, 0.3) is 33.4 Å². The highest BCUT2D eigenvalue weighted by Crippen LogP contribution is 2.36. The van der Waals surface area contributed by atoms with Crippen LogP contribution in [0, 0.1) is 0 Å². The van der Waals surface area contributed by atoms with Gasteiger partial charge in [-0.3, -0.25) is 9.98 Å². The van der Waals surface area contributed by atoms with Gasteiger partial charge in [-0.2, -0.15) is 0 Å². The van der Waals surface area contributed by atoms with Gasteiger partial charge in [-0.1, -0.05) is 108 Å². The maximum absolute atomic E-state index is 6.42. The van der Waals surface area contributed by atoms with E-state index in [0.29, 0.717) is 0 Å². The highest BCUT2D eigenvalue weighted by atomic mass is 35.5. The van der Waals surface area contributed by atoms with Crippen LogP contribution in [0.4, 0.5) is 11.4 Å². The normalized spacial score (nSPS) is 11.7. The maximum Gasteiger partial charge on any atom is 0.0630 e. The lowest BCUT2D eigenvalue weighted by Gasteiger charge is -2.03. The fourth-order valence-electron chi connectivity index (χ4n) is 4.58. The van der Waals surface area contributed by atoms with Crippen LogP contribution in [0.5, 0.6) is 0 Å². The van der Waals surface area contributed by atoms with Crippen LogP contribution in [-0.4, -0.2) is 12.4 Å². The first-order chi connectivity index (χ1) is 18.7. The molecule has 0 bridgehead atoms. The van der Waals surface area contributed by atoms with E-state index >= 15 is 0 Å². The summed E-state index contributed by atoms with van der Waals surface area (Å²) in [6.45, 7) is 0. The Balaban J connectivity index is 1.17. The van der Waals surface area contributed by atoms with Crippen LogP contribution >= 0.6 is 23.2 Å². The number of halogens is 2. The topological polar surface area (TPSA) is 24.7 Å². The van der Waals surface area contributed by atoms with Crippen molar-refractivity contribution in [3.05, 3.63) is 142 Å². The summed E-state index contributed by atoms with van der Waals surface area (Å²) in [6.07, 6.45) is 3.75. The first kappa shape index (κ1) is 24.1. The molecule has 0 atom stereocenters. The van der Waals surface area contributed by atoms with Crippen molar-refractivity contribution in [2.75, 3.05) is 0 Å². The zero-order chi connectivity index (χ0) is 25.9. The zero-order valence-corrected chi connectivity index (χ0v) is 21.9. The molecule has 0 heterocycles. The second kappa shape index (κ2) is 10.6. The lowest BCUT2D eigenvalue weighted by atomic mass is 10.1. The lowest BCUT2D eigenvalue weighted by molar-refractivity contribution is 1.50. The second-order valence-corrected chi connectivity index (χ2v) is 9.80. The molecule has 0 aliphatic heterocycles. The molecular formula is C34H22Cl2N2. The van der Waals surface area contributed by atoms with Gasteiger partial charge in [-0.15, -0.1) is 0 Å². The molecule has 0 spiro atoms. The van der Waals surface area contributed by atoms with Crippen molar-refractivity contribution in [2.24, 2.45) is 9.98 Å². The lowest BCUT2D eigenvalue weighted by Crippen LogP contribution is -1.81. The molecule has 182 valence electrons. The molecule has 4 aliphatic carbocycles. The number of rotatable bonds is 5. The quantitative estimate of drug-likeness (QED) is 0.199. The van der Waals surface area contributed by atoms with Gasteiger partial charge in [0.05, 0.1) is 11.4 Å². The van der Waals surface area contributed by atoms with E-state index < -0.39 is 0 Å². The van der Waals surface area contributed by atoms with Crippen molar-refractivity contribution in [1.82, 2.24) is 0 Å². The molecule has 0 saturated heterocycles. The van der Waals surface area contributed by atoms with E-state index in [1.54, 1.807) is 0 Å². The number of aliphatic imine (C=N–C) groups is 2. The molecule has 2 nitrogen and oxygen atoms in total. The summed E-state index contributed by atoms with van der Waals surface area (Å²) in [5, 5.41) is 1.48. The summed E-state index contributed by atoms with van der Waals surface area (Å²) >= 11 is 12.8. The van der Waals surface area contributed by atoms with Gasteiger partial charge < -0.3 is 0 Å². The number of fused-ring (bicyclic) bond motifs is 2. The molecule has 6 rings (SSSR count). The van der Waals surface area contributed by atoms with Gasteiger partial charge in [0, 0.05) is 44.7 Å². The predicted molar refractivity (Wildman–Crippen MR) is 163 cm³/mol. The van der Waals surface area contributed by atoms with Gasteiger partial charge in [-0.25, -0.2) is 0 Å². The van der Waals surface area contributed by atoms with Crippen LogP contribution in [0.3, 0.4) is 0 Å². The Kier molecular flexibility index (Phi) is 6.75. The zero-order valence-electron chi connectivity index (χ0n) is 20.4. The standard InChI is InChI=1S/C34H22Cl2N2/c35-33-19-25(29-7-3-1-5-9-31(29)33)21-37-27-15-11-23(12-16-27)24-13-17-28(18-14-24)38-22-26-20-34(36)32-10-6-2-4-8-30(26)32/h1-22H. The third-order valence-corrected chi connectivity index (χ3v) is 7.18. The Morgan fingerprint density at radius 1 is 0.421 bits per heavy atom. The smallest absolute Gasteiger partial charge is 0.0630 e. The van der Waals surface area contributed by atoms with Gasteiger partial charge >= 0.3 is 0 Å². The van der Waals surface area contributed by atoms with E-state index in [-0.39, 0.29) is 0 Å². The van der Waals surface area contributed by atoms with Crippen molar-refractivity contribution in [2.45, 2.75) is 0 Å². The van der Waals surface area contributed by atoms with Crippen LogP contribution < -0.4 is 0 Å². The third-order valence-electron chi connectivity index (χ3n) is 6.55. The van der Waals surface area contributed by atoms with Crippen molar-refractivity contribution < 1.29 is 0 Å². The summed E-state index contributed by atoms with van der Waals surface area (Å²) in [4.78, 5) is 9.35. The maximum atomic E-state index is 6.42. The van der Waals surface area contributed by atoms with Gasteiger partial charge in [0.25, 0.3) is 0 Å². The minimum Gasteiger partial charge on any atom is -0.256 e. The van der Waals surface area contributed by atoms with Gasteiger partial charge in [0.1, 0.15) is 0 Å². The summed E-state index contributed by atoms with van der Waals surface area (Å²) < 4.78 is 0. The minimum atomic E-state index is 0.738. The van der Waals surface area contributed by atoms with Crippen molar-refractivity contribution >= 4 is 47.0 Å². The summed E-state index contributed by atoms with van der Waals surface area (Å²) in [5.74, 6) is 0.